The van der Waals surface area contributed by atoms with E-state index in [1.165, 1.54) is 11.5 Å². The summed E-state index contributed by atoms with van der Waals surface area (Å²) in [5, 5.41) is 3.22. The first-order valence-corrected chi connectivity index (χ1v) is 9.12. The molecule has 0 fully saturated rings. The van der Waals surface area contributed by atoms with E-state index in [0.29, 0.717) is 16.1 Å². The van der Waals surface area contributed by atoms with Gasteiger partial charge in [-0.3, -0.25) is 14.2 Å². The van der Waals surface area contributed by atoms with Gasteiger partial charge in [0.05, 0.1) is 11.9 Å². The predicted octanol–water partition coefficient (Wildman–Crippen LogP) is 2.89. The van der Waals surface area contributed by atoms with Crippen LogP contribution in [-0.4, -0.2) is 22.5 Å². The number of esters is 1. The van der Waals surface area contributed by atoms with E-state index < -0.39 is 23.7 Å². The van der Waals surface area contributed by atoms with Crippen LogP contribution in [-0.2, 0) is 27.4 Å². The first-order valence-electron chi connectivity index (χ1n) is 8.74. The van der Waals surface area contributed by atoms with Crippen molar-refractivity contribution in [2.45, 2.75) is 32.5 Å². The van der Waals surface area contributed by atoms with Crippen molar-refractivity contribution in [3.8, 4) is 0 Å². The van der Waals surface area contributed by atoms with Crippen molar-refractivity contribution >= 4 is 34.6 Å². The van der Waals surface area contributed by atoms with Gasteiger partial charge in [0.1, 0.15) is 0 Å². The Labute approximate surface area is 165 Å². The fourth-order valence-corrected chi connectivity index (χ4v) is 2.91. The average Bonchev–Trinajstić information content (AvgIpc) is 3.00. The van der Waals surface area contributed by atoms with Gasteiger partial charge in [-0.15, -0.1) is 0 Å². The summed E-state index contributed by atoms with van der Waals surface area (Å²) in [6, 6.07) is 14.1. The van der Waals surface area contributed by atoms with Crippen molar-refractivity contribution in [1.82, 2.24) is 9.88 Å². The van der Waals surface area contributed by atoms with Crippen LogP contribution >= 0.6 is 11.6 Å². The Morgan fingerprint density at radius 1 is 1.18 bits per heavy atom. The van der Waals surface area contributed by atoms with Gasteiger partial charge in [0.2, 0.25) is 0 Å². The van der Waals surface area contributed by atoms with E-state index in [0.717, 1.165) is 5.56 Å². The maximum atomic E-state index is 12.1. The number of nitrogens with zero attached hydrogens (tertiary/aromatic N) is 1. The summed E-state index contributed by atoms with van der Waals surface area (Å²) in [5.74, 6) is -1.56. The van der Waals surface area contributed by atoms with Gasteiger partial charge in [-0.1, -0.05) is 41.9 Å². The highest BCUT2D eigenvalue weighted by Gasteiger charge is 2.18. The molecule has 8 heteroatoms. The number of oxazole rings is 1. The fourth-order valence-electron chi connectivity index (χ4n) is 2.71. The molecule has 3 aromatic rings. The number of para-hydroxylation sites is 2. The molecule has 1 amide bonds. The average molecular weight is 403 g/mol. The maximum Gasteiger partial charge on any atom is 0.419 e. The van der Waals surface area contributed by atoms with Crippen molar-refractivity contribution < 1.29 is 18.7 Å². The number of halogens is 1. The lowest BCUT2D eigenvalue weighted by molar-refractivity contribution is -0.155. The second-order valence-corrected chi connectivity index (χ2v) is 6.59. The number of nitrogens with one attached hydrogen (secondary N) is 1. The zero-order valence-electron chi connectivity index (χ0n) is 15.2. The number of amides is 1. The van der Waals surface area contributed by atoms with E-state index in [2.05, 4.69) is 5.32 Å². The summed E-state index contributed by atoms with van der Waals surface area (Å²) >= 11 is 6.04. The van der Waals surface area contributed by atoms with Crippen LogP contribution in [0, 0.1) is 0 Å². The number of rotatable bonds is 7. The van der Waals surface area contributed by atoms with Crippen LogP contribution < -0.4 is 11.1 Å². The topological polar surface area (TPSA) is 90.5 Å². The first-order chi connectivity index (χ1) is 13.5. The van der Waals surface area contributed by atoms with E-state index in [4.69, 9.17) is 20.8 Å². The number of aryl methyl sites for hydroxylation is 1. The summed E-state index contributed by atoms with van der Waals surface area (Å²) in [7, 11) is 0. The van der Waals surface area contributed by atoms with Gasteiger partial charge < -0.3 is 14.5 Å². The molecule has 0 spiro atoms. The van der Waals surface area contributed by atoms with Gasteiger partial charge in [0.25, 0.3) is 5.91 Å². The van der Waals surface area contributed by atoms with Gasteiger partial charge in [-0.2, -0.15) is 0 Å². The molecular formula is C20H19ClN2O5. The van der Waals surface area contributed by atoms with Gasteiger partial charge in [-0.25, -0.2) is 4.79 Å². The Morgan fingerprint density at radius 3 is 2.68 bits per heavy atom. The van der Waals surface area contributed by atoms with Crippen molar-refractivity contribution in [3.05, 3.63) is 69.7 Å². The van der Waals surface area contributed by atoms with Crippen LogP contribution in [0.15, 0.2) is 57.7 Å². The van der Waals surface area contributed by atoms with Gasteiger partial charge in [0.15, 0.2) is 11.7 Å². The smallest absolute Gasteiger partial charge is 0.419 e. The van der Waals surface area contributed by atoms with E-state index >= 15 is 0 Å². The molecule has 1 N–H and O–H groups in total. The Hall–Kier alpha value is -3.06. The number of hydrogen-bond acceptors (Lipinski definition) is 5. The number of fused-ring (bicyclic) bond motifs is 1. The molecule has 1 heterocycles. The molecule has 3 rings (SSSR count). The highest BCUT2D eigenvalue weighted by molar-refractivity contribution is 6.31. The third kappa shape index (κ3) is 4.61. The second-order valence-electron chi connectivity index (χ2n) is 6.18. The Morgan fingerprint density at radius 2 is 1.89 bits per heavy atom. The van der Waals surface area contributed by atoms with Crippen LogP contribution in [0.2, 0.25) is 5.02 Å². The molecular weight excluding hydrogens is 384 g/mol. The Kier molecular flexibility index (Phi) is 6.16. The molecule has 0 saturated heterocycles. The molecule has 0 radical (unpaired) electrons. The van der Waals surface area contributed by atoms with Gasteiger partial charge in [0, 0.05) is 18.1 Å². The highest BCUT2D eigenvalue weighted by atomic mass is 35.5. The molecule has 1 atom stereocenters. The van der Waals surface area contributed by atoms with Crippen LogP contribution in [0.4, 0.5) is 0 Å². The lowest BCUT2D eigenvalue weighted by Crippen LogP contribution is -2.35. The summed E-state index contributed by atoms with van der Waals surface area (Å²) in [6.07, 6.45) is -1.03. The fraction of sp³-hybridized carbons (Fsp3) is 0.250. The number of benzene rings is 2. The third-order valence-electron chi connectivity index (χ3n) is 4.20. The van der Waals surface area contributed by atoms with Gasteiger partial charge in [-0.05, 0) is 30.7 Å². The molecule has 0 saturated carbocycles. The Balaban J connectivity index is 1.51. The molecule has 0 aliphatic rings. The quantitative estimate of drug-likeness (QED) is 0.613. The molecule has 0 unspecified atom stereocenters. The molecule has 1 aromatic heterocycles. The van der Waals surface area contributed by atoms with Crippen LogP contribution in [0.5, 0.6) is 0 Å². The number of ether oxygens (including phenoxy) is 1. The van der Waals surface area contributed by atoms with Crippen LogP contribution in [0.3, 0.4) is 0 Å². The molecule has 0 aliphatic carbocycles. The van der Waals surface area contributed by atoms with Crippen LogP contribution in [0.1, 0.15) is 18.9 Å². The highest BCUT2D eigenvalue weighted by Crippen LogP contribution is 2.15. The van der Waals surface area contributed by atoms with Crippen molar-refractivity contribution in [2.24, 2.45) is 0 Å². The molecule has 0 bridgehead atoms. The van der Waals surface area contributed by atoms with E-state index in [9.17, 15) is 14.4 Å². The minimum atomic E-state index is -0.965. The molecule has 28 heavy (non-hydrogen) atoms. The van der Waals surface area contributed by atoms with E-state index in [1.54, 1.807) is 42.5 Å². The molecule has 2 aromatic carbocycles. The second kappa shape index (κ2) is 8.75. The Bertz CT molecular complexity index is 1060. The minimum Gasteiger partial charge on any atom is -0.452 e. The normalized spacial score (nSPS) is 11.9. The first kappa shape index (κ1) is 19.7. The predicted molar refractivity (Wildman–Crippen MR) is 104 cm³/mol. The number of carbonyl (C=O) groups is 2. The summed E-state index contributed by atoms with van der Waals surface area (Å²) in [6.45, 7) is 1.82. The van der Waals surface area contributed by atoms with E-state index in [1.807, 2.05) is 6.07 Å². The monoisotopic (exact) mass is 402 g/mol. The van der Waals surface area contributed by atoms with Crippen LogP contribution in [0.25, 0.3) is 11.1 Å². The number of carbonyl (C=O) groups excluding carboxylic acids is 2. The maximum absolute atomic E-state index is 12.1. The lowest BCUT2D eigenvalue weighted by Gasteiger charge is -2.14. The molecule has 146 valence electrons. The SMILES string of the molecule is C[C@H](OC(=O)CCn1c(=O)oc2ccccc21)C(=O)NCc1ccccc1Cl. The van der Waals surface area contributed by atoms with Gasteiger partial charge >= 0.3 is 11.7 Å². The molecule has 0 aliphatic heterocycles. The van der Waals surface area contributed by atoms with Crippen molar-refractivity contribution in [2.75, 3.05) is 0 Å². The minimum absolute atomic E-state index is 0.0639. The van der Waals surface area contributed by atoms with Crippen molar-refractivity contribution in [1.29, 1.82) is 0 Å². The molecule has 7 nitrogen and oxygen atoms in total. The van der Waals surface area contributed by atoms with Crippen molar-refractivity contribution in [3.63, 3.8) is 0 Å². The summed E-state index contributed by atoms with van der Waals surface area (Å²) < 4.78 is 11.6. The lowest BCUT2D eigenvalue weighted by atomic mass is 10.2. The zero-order valence-corrected chi connectivity index (χ0v) is 15.9. The number of aromatic nitrogens is 1. The largest absolute Gasteiger partial charge is 0.452 e. The number of hydrogen-bond donors (Lipinski definition) is 1. The van der Waals surface area contributed by atoms with E-state index in [-0.39, 0.29) is 19.5 Å². The third-order valence-corrected chi connectivity index (χ3v) is 4.57. The zero-order chi connectivity index (χ0) is 20.1. The summed E-state index contributed by atoms with van der Waals surface area (Å²) in [4.78, 5) is 36.1. The summed E-state index contributed by atoms with van der Waals surface area (Å²) in [5.41, 5.74) is 1.82. The standard InChI is InChI=1S/C20H19ClN2O5/c1-13(19(25)22-12-14-6-2-3-7-15(14)21)27-18(24)10-11-23-16-8-4-5-9-17(16)28-20(23)26/h2-9,13H,10-12H2,1H3,(H,22,25)/t13-/m0/s1.